The fourth-order valence-electron chi connectivity index (χ4n) is 2.56. The largest absolute Gasteiger partial charge is 0.507 e. The highest BCUT2D eigenvalue weighted by atomic mass is 16.5. The van der Waals surface area contributed by atoms with Crippen molar-refractivity contribution in [3.63, 3.8) is 0 Å². The molecule has 0 fully saturated rings. The van der Waals surface area contributed by atoms with Gasteiger partial charge in [0, 0.05) is 17.6 Å². The van der Waals surface area contributed by atoms with E-state index < -0.39 is 0 Å². The Morgan fingerprint density at radius 1 is 0.905 bits per heavy atom. The summed E-state index contributed by atoms with van der Waals surface area (Å²) in [6.45, 7) is 3.92. The Balaban J connectivity index is 2.21. The van der Waals surface area contributed by atoms with Crippen LogP contribution in [0.2, 0.25) is 0 Å². The first-order chi connectivity index (χ1) is 10.0. The van der Waals surface area contributed by atoms with Crippen molar-refractivity contribution in [2.75, 3.05) is 7.11 Å². The number of aromatic hydroxyl groups is 2. The van der Waals surface area contributed by atoms with Gasteiger partial charge in [0.15, 0.2) is 0 Å². The van der Waals surface area contributed by atoms with Gasteiger partial charge in [0.1, 0.15) is 17.2 Å². The Bertz CT molecular complexity index is 592. The number of hydrogen-bond donors (Lipinski definition) is 3. The summed E-state index contributed by atoms with van der Waals surface area (Å²) in [5.74, 6) is 0.982. The molecule has 21 heavy (non-hydrogen) atoms. The minimum Gasteiger partial charge on any atom is -0.507 e. The molecule has 0 aliphatic heterocycles. The lowest BCUT2D eigenvalue weighted by molar-refractivity contribution is 0.387. The van der Waals surface area contributed by atoms with Crippen LogP contribution in [-0.2, 0) is 0 Å². The predicted molar refractivity (Wildman–Crippen MR) is 82.7 cm³/mol. The molecule has 2 atom stereocenters. The van der Waals surface area contributed by atoms with E-state index >= 15 is 0 Å². The third-order valence-corrected chi connectivity index (χ3v) is 3.60. The van der Waals surface area contributed by atoms with Gasteiger partial charge in [0.2, 0.25) is 0 Å². The SMILES string of the molecule is COc1ccccc1C(C)NC(C)c1c(O)cccc1O. The molecule has 0 saturated carbocycles. The minimum atomic E-state index is -0.203. The standard InChI is InChI=1S/C17H21NO3/c1-11(13-7-4-5-10-16(13)21-3)18-12(2)17-14(19)8-6-9-15(17)20/h4-12,18-20H,1-3H3. The van der Waals surface area contributed by atoms with Crippen molar-refractivity contribution in [1.29, 1.82) is 0 Å². The molecule has 2 aromatic rings. The topological polar surface area (TPSA) is 61.7 Å². The highest BCUT2D eigenvalue weighted by Gasteiger charge is 2.19. The first kappa shape index (κ1) is 15.2. The Labute approximate surface area is 125 Å². The first-order valence-corrected chi connectivity index (χ1v) is 6.94. The lowest BCUT2D eigenvalue weighted by Gasteiger charge is -2.23. The summed E-state index contributed by atoms with van der Waals surface area (Å²) in [5.41, 5.74) is 1.53. The normalized spacial score (nSPS) is 13.7. The van der Waals surface area contributed by atoms with E-state index in [9.17, 15) is 10.2 Å². The molecule has 0 saturated heterocycles. The minimum absolute atomic E-state index is 0.00940. The van der Waals surface area contributed by atoms with Crippen molar-refractivity contribution in [1.82, 2.24) is 5.32 Å². The van der Waals surface area contributed by atoms with Crippen molar-refractivity contribution < 1.29 is 14.9 Å². The van der Waals surface area contributed by atoms with E-state index in [0.29, 0.717) is 5.56 Å². The fourth-order valence-corrected chi connectivity index (χ4v) is 2.56. The van der Waals surface area contributed by atoms with Crippen LogP contribution in [0.1, 0.15) is 37.1 Å². The summed E-state index contributed by atoms with van der Waals surface area (Å²) < 4.78 is 5.36. The number of rotatable bonds is 5. The highest BCUT2D eigenvalue weighted by Crippen LogP contribution is 2.34. The highest BCUT2D eigenvalue weighted by molar-refractivity contribution is 5.45. The number of hydrogen-bond acceptors (Lipinski definition) is 4. The second-order valence-electron chi connectivity index (χ2n) is 5.06. The van der Waals surface area contributed by atoms with Crippen LogP contribution in [0.25, 0.3) is 0 Å². The maximum atomic E-state index is 9.92. The monoisotopic (exact) mass is 287 g/mol. The van der Waals surface area contributed by atoms with E-state index in [1.165, 1.54) is 0 Å². The molecule has 0 amide bonds. The molecule has 0 bridgehead atoms. The van der Waals surface area contributed by atoms with Crippen molar-refractivity contribution in [2.24, 2.45) is 0 Å². The van der Waals surface area contributed by atoms with Crippen molar-refractivity contribution in [3.8, 4) is 17.2 Å². The van der Waals surface area contributed by atoms with Crippen molar-refractivity contribution in [3.05, 3.63) is 53.6 Å². The van der Waals surface area contributed by atoms with E-state index in [0.717, 1.165) is 11.3 Å². The zero-order valence-corrected chi connectivity index (χ0v) is 12.5. The number of phenolic OH excluding ortho intramolecular Hbond substituents is 2. The van der Waals surface area contributed by atoms with Crippen LogP contribution in [0.15, 0.2) is 42.5 Å². The molecule has 3 N–H and O–H groups in total. The Hall–Kier alpha value is -2.20. The number of phenols is 2. The second kappa shape index (κ2) is 6.50. The van der Waals surface area contributed by atoms with Gasteiger partial charge >= 0.3 is 0 Å². The van der Waals surface area contributed by atoms with E-state index in [4.69, 9.17) is 4.74 Å². The van der Waals surface area contributed by atoms with Crippen LogP contribution in [-0.4, -0.2) is 17.3 Å². The van der Waals surface area contributed by atoms with Gasteiger partial charge in [-0.25, -0.2) is 0 Å². The zero-order chi connectivity index (χ0) is 15.4. The van der Waals surface area contributed by atoms with E-state index in [2.05, 4.69) is 5.32 Å². The van der Waals surface area contributed by atoms with Gasteiger partial charge in [0.25, 0.3) is 0 Å². The molecule has 2 aromatic carbocycles. The molecule has 0 radical (unpaired) electrons. The predicted octanol–water partition coefficient (Wildman–Crippen LogP) is 3.52. The third-order valence-electron chi connectivity index (χ3n) is 3.60. The van der Waals surface area contributed by atoms with E-state index in [1.54, 1.807) is 25.3 Å². The summed E-state index contributed by atoms with van der Waals surface area (Å²) in [5, 5.41) is 23.2. The molecule has 0 aliphatic carbocycles. The number of benzene rings is 2. The Kier molecular flexibility index (Phi) is 4.70. The second-order valence-corrected chi connectivity index (χ2v) is 5.06. The van der Waals surface area contributed by atoms with Crippen LogP contribution < -0.4 is 10.1 Å². The van der Waals surface area contributed by atoms with Gasteiger partial charge in [0.05, 0.1) is 12.7 Å². The lowest BCUT2D eigenvalue weighted by Crippen LogP contribution is -2.23. The van der Waals surface area contributed by atoms with Crippen LogP contribution in [0.4, 0.5) is 0 Å². The maximum absolute atomic E-state index is 9.92. The number of para-hydroxylation sites is 1. The molecule has 0 heterocycles. The van der Waals surface area contributed by atoms with E-state index in [-0.39, 0.29) is 23.6 Å². The van der Waals surface area contributed by atoms with E-state index in [1.807, 2.05) is 38.1 Å². The molecule has 4 nitrogen and oxygen atoms in total. The first-order valence-electron chi connectivity index (χ1n) is 6.94. The summed E-state index contributed by atoms with van der Waals surface area (Å²) in [4.78, 5) is 0. The zero-order valence-electron chi connectivity index (χ0n) is 12.5. The number of nitrogens with one attached hydrogen (secondary N) is 1. The molecule has 2 unspecified atom stereocenters. The Morgan fingerprint density at radius 3 is 2.14 bits per heavy atom. The lowest BCUT2D eigenvalue weighted by atomic mass is 10.0. The molecular formula is C17H21NO3. The summed E-state index contributed by atoms with van der Waals surface area (Å²) in [6, 6.07) is 12.3. The molecule has 4 heteroatoms. The van der Waals surface area contributed by atoms with Crippen LogP contribution in [0, 0.1) is 0 Å². The van der Waals surface area contributed by atoms with Gasteiger partial charge in [-0.05, 0) is 32.0 Å². The number of methoxy groups -OCH3 is 1. The van der Waals surface area contributed by atoms with Gasteiger partial charge < -0.3 is 20.3 Å². The average Bonchev–Trinajstić information content (AvgIpc) is 2.46. The van der Waals surface area contributed by atoms with Crippen LogP contribution in [0.3, 0.4) is 0 Å². The maximum Gasteiger partial charge on any atom is 0.124 e. The van der Waals surface area contributed by atoms with Gasteiger partial charge in [-0.2, -0.15) is 0 Å². The smallest absolute Gasteiger partial charge is 0.124 e. The summed E-state index contributed by atoms with van der Waals surface area (Å²) >= 11 is 0. The molecule has 112 valence electrons. The van der Waals surface area contributed by atoms with Gasteiger partial charge in [-0.15, -0.1) is 0 Å². The summed E-state index contributed by atoms with van der Waals surface area (Å²) in [7, 11) is 1.64. The van der Waals surface area contributed by atoms with Crippen LogP contribution >= 0.6 is 0 Å². The molecular weight excluding hydrogens is 266 g/mol. The summed E-state index contributed by atoms with van der Waals surface area (Å²) in [6.07, 6.45) is 0. The van der Waals surface area contributed by atoms with Gasteiger partial charge in [-0.1, -0.05) is 24.3 Å². The van der Waals surface area contributed by atoms with Gasteiger partial charge in [-0.3, -0.25) is 0 Å². The quantitative estimate of drug-likeness (QED) is 0.787. The number of ether oxygens (including phenoxy) is 1. The molecule has 0 aromatic heterocycles. The molecule has 0 spiro atoms. The Morgan fingerprint density at radius 2 is 1.52 bits per heavy atom. The fraction of sp³-hybridized carbons (Fsp3) is 0.294. The molecule has 0 aliphatic rings. The average molecular weight is 287 g/mol. The van der Waals surface area contributed by atoms with Crippen molar-refractivity contribution in [2.45, 2.75) is 25.9 Å². The molecule has 2 rings (SSSR count). The third kappa shape index (κ3) is 3.28. The van der Waals surface area contributed by atoms with Crippen molar-refractivity contribution >= 4 is 0 Å². The van der Waals surface area contributed by atoms with Crippen LogP contribution in [0.5, 0.6) is 17.2 Å².